The fourth-order valence-corrected chi connectivity index (χ4v) is 2.51. The minimum Gasteiger partial charge on any atom is -0.467 e. The first-order chi connectivity index (χ1) is 13.8. The average Bonchev–Trinajstić information content (AvgIpc) is 2.61. The molecule has 1 amide bonds. The highest BCUT2D eigenvalue weighted by Gasteiger charge is 2.29. The molecule has 0 radical (unpaired) electrons. The van der Waals surface area contributed by atoms with Crippen LogP contribution in [0.2, 0.25) is 0 Å². The van der Waals surface area contributed by atoms with E-state index in [0.29, 0.717) is 6.42 Å². The van der Waals surface area contributed by atoms with Crippen LogP contribution in [-0.2, 0) is 30.2 Å². The Morgan fingerprint density at radius 1 is 0.867 bits per heavy atom. The summed E-state index contributed by atoms with van der Waals surface area (Å²) in [5, 5.41) is 5.51. The van der Waals surface area contributed by atoms with E-state index in [9.17, 15) is 14.4 Å². The molecule has 0 unspecified atom stereocenters. The molecule has 0 fully saturated rings. The molecule has 0 heterocycles. The van der Waals surface area contributed by atoms with Gasteiger partial charge in [0.1, 0.15) is 23.3 Å². The molecule has 1 aromatic carbocycles. The van der Waals surface area contributed by atoms with Crippen LogP contribution in [0.4, 0.5) is 4.79 Å². The van der Waals surface area contributed by atoms with Gasteiger partial charge in [-0.25, -0.2) is 9.59 Å². The third kappa shape index (κ3) is 10.2. The summed E-state index contributed by atoms with van der Waals surface area (Å²) in [6.45, 7) is 10.5. The molecule has 1 rings (SSSR count). The number of methoxy groups -OCH3 is 1. The van der Waals surface area contributed by atoms with Crippen molar-refractivity contribution in [3.05, 3.63) is 35.9 Å². The first-order valence-corrected chi connectivity index (χ1v) is 9.88. The van der Waals surface area contributed by atoms with Crippen molar-refractivity contribution in [1.82, 2.24) is 10.6 Å². The standard InChI is InChI=1S/C22H34N2O6/c1-21(2,3)29-19(26)16(13-15-11-9-8-10-12-15)23-14-17(18(25)28-7)24-20(27)30-22(4,5)6/h8-12,16-17,23H,13-14H2,1-7H3,(H,24,27)/t16-,17-/m0/s1. The first-order valence-electron chi connectivity index (χ1n) is 9.88. The highest BCUT2D eigenvalue weighted by atomic mass is 16.6. The molecule has 0 aromatic heterocycles. The maximum atomic E-state index is 12.7. The number of hydrogen-bond acceptors (Lipinski definition) is 7. The molecule has 0 bridgehead atoms. The Labute approximate surface area is 178 Å². The van der Waals surface area contributed by atoms with Crippen molar-refractivity contribution >= 4 is 18.0 Å². The van der Waals surface area contributed by atoms with Crippen LogP contribution >= 0.6 is 0 Å². The molecule has 0 spiro atoms. The van der Waals surface area contributed by atoms with E-state index in [1.54, 1.807) is 41.5 Å². The van der Waals surface area contributed by atoms with Gasteiger partial charge in [0, 0.05) is 6.54 Å². The van der Waals surface area contributed by atoms with E-state index in [2.05, 4.69) is 10.6 Å². The number of benzene rings is 1. The van der Waals surface area contributed by atoms with Crippen LogP contribution in [0, 0.1) is 0 Å². The highest BCUT2D eigenvalue weighted by molar-refractivity contribution is 5.82. The molecule has 0 saturated carbocycles. The molecular formula is C22H34N2O6. The first kappa shape index (κ1) is 25.4. The average molecular weight is 423 g/mol. The predicted molar refractivity (Wildman–Crippen MR) is 113 cm³/mol. The van der Waals surface area contributed by atoms with Crippen LogP contribution in [0.5, 0.6) is 0 Å². The molecule has 2 atom stereocenters. The number of esters is 2. The summed E-state index contributed by atoms with van der Waals surface area (Å²) < 4.78 is 15.5. The Hall–Kier alpha value is -2.61. The van der Waals surface area contributed by atoms with E-state index in [0.717, 1.165) is 5.56 Å². The molecule has 30 heavy (non-hydrogen) atoms. The van der Waals surface area contributed by atoms with Gasteiger partial charge in [-0.2, -0.15) is 0 Å². The quantitative estimate of drug-likeness (QED) is 0.490. The normalized spacial score (nSPS) is 13.7. The molecule has 2 N–H and O–H groups in total. The summed E-state index contributed by atoms with van der Waals surface area (Å²) >= 11 is 0. The van der Waals surface area contributed by atoms with Crippen LogP contribution in [0.3, 0.4) is 0 Å². The lowest BCUT2D eigenvalue weighted by molar-refractivity contribution is -0.157. The summed E-state index contributed by atoms with van der Waals surface area (Å²) in [5.41, 5.74) is -0.454. The summed E-state index contributed by atoms with van der Waals surface area (Å²) in [6.07, 6.45) is -0.396. The molecule has 8 heteroatoms. The Bertz CT molecular complexity index is 707. The number of amides is 1. The van der Waals surface area contributed by atoms with Crippen molar-refractivity contribution in [1.29, 1.82) is 0 Å². The second-order valence-corrected chi connectivity index (χ2v) is 8.91. The van der Waals surface area contributed by atoms with E-state index < -0.39 is 41.3 Å². The van der Waals surface area contributed by atoms with Gasteiger partial charge in [-0.15, -0.1) is 0 Å². The largest absolute Gasteiger partial charge is 0.467 e. The third-order valence-corrected chi connectivity index (χ3v) is 3.72. The lowest BCUT2D eigenvalue weighted by Crippen LogP contribution is -2.53. The van der Waals surface area contributed by atoms with Gasteiger partial charge in [-0.05, 0) is 53.5 Å². The second kappa shape index (κ2) is 11.0. The van der Waals surface area contributed by atoms with Gasteiger partial charge in [0.15, 0.2) is 0 Å². The zero-order chi connectivity index (χ0) is 22.9. The second-order valence-electron chi connectivity index (χ2n) is 8.91. The lowest BCUT2D eigenvalue weighted by Gasteiger charge is -2.26. The van der Waals surface area contributed by atoms with Crippen molar-refractivity contribution in [2.45, 2.75) is 71.2 Å². The number of nitrogens with one attached hydrogen (secondary N) is 2. The molecule has 0 aliphatic rings. The van der Waals surface area contributed by atoms with Crippen molar-refractivity contribution < 1.29 is 28.6 Å². The van der Waals surface area contributed by atoms with Crippen LogP contribution in [0.1, 0.15) is 47.1 Å². The van der Waals surface area contributed by atoms with Crippen LogP contribution in [0.25, 0.3) is 0 Å². The molecule has 168 valence electrons. The predicted octanol–water partition coefficient (Wildman–Crippen LogP) is 2.60. The number of carbonyl (C=O) groups excluding carboxylic acids is 3. The van der Waals surface area contributed by atoms with Crippen LogP contribution in [0.15, 0.2) is 30.3 Å². The molecule has 0 aliphatic carbocycles. The SMILES string of the molecule is COC(=O)[C@H](CN[C@@H](Cc1ccccc1)C(=O)OC(C)(C)C)NC(=O)OC(C)(C)C. The number of ether oxygens (including phenoxy) is 3. The van der Waals surface area contributed by atoms with Gasteiger partial charge >= 0.3 is 18.0 Å². The van der Waals surface area contributed by atoms with E-state index in [4.69, 9.17) is 14.2 Å². The van der Waals surface area contributed by atoms with Gasteiger partial charge in [0.2, 0.25) is 0 Å². The molecule has 0 saturated heterocycles. The summed E-state index contributed by atoms with van der Waals surface area (Å²) in [7, 11) is 1.22. The Morgan fingerprint density at radius 2 is 1.43 bits per heavy atom. The van der Waals surface area contributed by atoms with Crippen molar-refractivity contribution in [2.75, 3.05) is 13.7 Å². The number of rotatable bonds is 8. The Balaban J connectivity index is 2.91. The van der Waals surface area contributed by atoms with Crippen molar-refractivity contribution in [3.63, 3.8) is 0 Å². The minimum absolute atomic E-state index is 0.0390. The fourth-order valence-electron chi connectivity index (χ4n) is 2.51. The maximum absolute atomic E-state index is 12.7. The fraction of sp³-hybridized carbons (Fsp3) is 0.591. The van der Waals surface area contributed by atoms with Crippen molar-refractivity contribution in [2.24, 2.45) is 0 Å². The van der Waals surface area contributed by atoms with Gasteiger partial charge in [-0.1, -0.05) is 30.3 Å². The molecule has 8 nitrogen and oxygen atoms in total. The number of hydrogen-bond donors (Lipinski definition) is 2. The summed E-state index contributed by atoms with van der Waals surface area (Å²) in [4.78, 5) is 36.9. The van der Waals surface area contributed by atoms with E-state index >= 15 is 0 Å². The lowest BCUT2D eigenvalue weighted by atomic mass is 10.1. The zero-order valence-corrected chi connectivity index (χ0v) is 18.9. The van der Waals surface area contributed by atoms with Crippen LogP contribution < -0.4 is 10.6 Å². The minimum atomic E-state index is -1.04. The molecular weight excluding hydrogens is 388 g/mol. The monoisotopic (exact) mass is 422 g/mol. The third-order valence-electron chi connectivity index (χ3n) is 3.72. The molecule has 0 aliphatic heterocycles. The van der Waals surface area contributed by atoms with Gasteiger partial charge in [-0.3, -0.25) is 4.79 Å². The van der Waals surface area contributed by atoms with Gasteiger partial charge in [0.05, 0.1) is 7.11 Å². The van der Waals surface area contributed by atoms with E-state index in [1.165, 1.54) is 7.11 Å². The van der Waals surface area contributed by atoms with Gasteiger partial charge in [0.25, 0.3) is 0 Å². The topological polar surface area (TPSA) is 103 Å². The Kier molecular flexibility index (Phi) is 9.29. The smallest absolute Gasteiger partial charge is 0.408 e. The van der Waals surface area contributed by atoms with Crippen LogP contribution in [-0.4, -0.2) is 55.0 Å². The van der Waals surface area contributed by atoms with Crippen molar-refractivity contribution in [3.8, 4) is 0 Å². The maximum Gasteiger partial charge on any atom is 0.408 e. The van der Waals surface area contributed by atoms with E-state index in [1.807, 2.05) is 30.3 Å². The molecule has 1 aromatic rings. The van der Waals surface area contributed by atoms with Gasteiger partial charge < -0.3 is 24.8 Å². The summed E-state index contributed by atoms with van der Waals surface area (Å²) in [5.74, 6) is -1.11. The highest BCUT2D eigenvalue weighted by Crippen LogP contribution is 2.12. The zero-order valence-electron chi connectivity index (χ0n) is 18.9. The number of carbonyl (C=O) groups is 3. The summed E-state index contributed by atoms with van der Waals surface area (Å²) in [6, 6.07) is 7.68. The Morgan fingerprint density at radius 3 is 1.93 bits per heavy atom. The number of alkyl carbamates (subject to hydrolysis) is 1. The van der Waals surface area contributed by atoms with E-state index in [-0.39, 0.29) is 6.54 Å².